The molecule has 3 heterocycles. The molecule has 0 amide bonds. The second-order valence-electron chi connectivity index (χ2n) is 5.36. The first-order valence-electron chi connectivity index (χ1n) is 7.17. The van der Waals surface area contributed by atoms with Gasteiger partial charge < -0.3 is 5.32 Å². The molecule has 2 fully saturated rings. The minimum atomic E-state index is 0.496. The van der Waals surface area contributed by atoms with Gasteiger partial charge in [-0.15, -0.1) is 0 Å². The van der Waals surface area contributed by atoms with Crippen molar-refractivity contribution in [3.63, 3.8) is 0 Å². The molecule has 0 spiro atoms. The largest absolute Gasteiger partial charge is 0.317 e. The molecule has 1 atom stereocenters. The molecule has 1 aromatic heterocycles. The Morgan fingerprint density at radius 2 is 2.00 bits per heavy atom. The molecule has 0 bridgehead atoms. The number of aromatic nitrogens is 2. The zero-order valence-electron chi connectivity index (χ0n) is 10.9. The van der Waals surface area contributed by atoms with E-state index >= 15 is 0 Å². The zero-order valence-corrected chi connectivity index (χ0v) is 10.9. The average molecular weight is 246 g/mol. The summed E-state index contributed by atoms with van der Waals surface area (Å²) in [6.07, 6.45) is 12.0. The van der Waals surface area contributed by atoms with E-state index in [-0.39, 0.29) is 0 Å². The summed E-state index contributed by atoms with van der Waals surface area (Å²) in [6.45, 7) is 3.55. The first kappa shape index (κ1) is 12.1. The van der Waals surface area contributed by atoms with Crippen molar-refractivity contribution in [2.24, 2.45) is 0 Å². The predicted molar refractivity (Wildman–Crippen MR) is 71.2 cm³/mol. The number of likely N-dealkylation sites (tertiary alicyclic amines) is 1. The van der Waals surface area contributed by atoms with Gasteiger partial charge in [0, 0.05) is 24.6 Å². The minimum absolute atomic E-state index is 0.496. The summed E-state index contributed by atoms with van der Waals surface area (Å²) in [7, 11) is 0. The van der Waals surface area contributed by atoms with Gasteiger partial charge in [-0.1, -0.05) is 6.42 Å². The van der Waals surface area contributed by atoms with E-state index in [0.717, 1.165) is 24.8 Å². The normalized spacial score (nSPS) is 27.2. The van der Waals surface area contributed by atoms with Crippen molar-refractivity contribution in [1.29, 1.82) is 0 Å². The molecule has 4 heteroatoms. The van der Waals surface area contributed by atoms with E-state index in [1.165, 1.54) is 38.6 Å². The molecule has 18 heavy (non-hydrogen) atoms. The van der Waals surface area contributed by atoms with Gasteiger partial charge in [-0.25, -0.2) is 0 Å². The number of piperidine rings is 2. The molecule has 98 valence electrons. The quantitative estimate of drug-likeness (QED) is 0.863. The number of nitrogens with one attached hydrogen (secondary N) is 1. The lowest BCUT2D eigenvalue weighted by molar-refractivity contribution is 0.0735. The topological polar surface area (TPSA) is 41.1 Å². The van der Waals surface area contributed by atoms with Gasteiger partial charge >= 0.3 is 0 Å². The van der Waals surface area contributed by atoms with Crippen LogP contribution in [0.3, 0.4) is 0 Å². The monoisotopic (exact) mass is 246 g/mol. The maximum Gasteiger partial charge on any atom is 0.0758 e. The Balaban J connectivity index is 1.77. The van der Waals surface area contributed by atoms with Crippen molar-refractivity contribution in [3.8, 4) is 0 Å². The van der Waals surface area contributed by atoms with Crippen LogP contribution in [0.5, 0.6) is 0 Å². The molecule has 2 saturated heterocycles. The van der Waals surface area contributed by atoms with Gasteiger partial charge in [0.15, 0.2) is 0 Å². The summed E-state index contributed by atoms with van der Waals surface area (Å²) in [4.78, 5) is 11.5. The van der Waals surface area contributed by atoms with E-state index in [4.69, 9.17) is 0 Å². The summed E-state index contributed by atoms with van der Waals surface area (Å²) in [5.41, 5.74) is 1.16. The first-order valence-corrected chi connectivity index (χ1v) is 7.17. The van der Waals surface area contributed by atoms with Gasteiger partial charge in [0.05, 0.1) is 11.7 Å². The lowest BCUT2D eigenvalue weighted by Gasteiger charge is -2.42. The van der Waals surface area contributed by atoms with Crippen LogP contribution in [0.25, 0.3) is 0 Å². The van der Waals surface area contributed by atoms with Crippen molar-refractivity contribution >= 4 is 0 Å². The van der Waals surface area contributed by atoms with Crippen LogP contribution in [0.15, 0.2) is 18.6 Å². The van der Waals surface area contributed by atoms with Crippen molar-refractivity contribution in [2.75, 3.05) is 19.6 Å². The van der Waals surface area contributed by atoms with Gasteiger partial charge in [-0.2, -0.15) is 0 Å². The average Bonchev–Trinajstić information content (AvgIpc) is 2.49. The standard InChI is InChI=1S/C14H22N4/c1-2-10-18(12-4-6-15-7-5-12)14(3-1)13-11-16-8-9-17-13/h8-9,11-12,14-15H,1-7,10H2. The van der Waals surface area contributed by atoms with Crippen LogP contribution in [0.1, 0.15) is 43.8 Å². The third-order valence-corrected chi connectivity index (χ3v) is 4.25. The SMILES string of the molecule is c1cnc(C2CCCCN2C2CCNCC2)cn1. The fourth-order valence-electron chi connectivity index (χ4n) is 3.33. The molecule has 0 aromatic carbocycles. The fourth-order valence-corrected chi connectivity index (χ4v) is 3.33. The maximum absolute atomic E-state index is 4.53. The Morgan fingerprint density at radius 3 is 2.78 bits per heavy atom. The summed E-state index contributed by atoms with van der Waals surface area (Å²) in [5.74, 6) is 0. The van der Waals surface area contributed by atoms with Gasteiger partial charge in [0.2, 0.25) is 0 Å². The zero-order chi connectivity index (χ0) is 12.2. The van der Waals surface area contributed by atoms with Crippen molar-refractivity contribution < 1.29 is 0 Å². The summed E-state index contributed by atoms with van der Waals surface area (Å²) in [6, 6.07) is 1.23. The number of rotatable bonds is 2. The van der Waals surface area contributed by atoms with E-state index < -0.39 is 0 Å². The van der Waals surface area contributed by atoms with Crippen LogP contribution in [0.4, 0.5) is 0 Å². The Hall–Kier alpha value is -1.00. The molecule has 0 saturated carbocycles. The molecule has 1 unspecified atom stereocenters. The third-order valence-electron chi connectivity index (χ3n) is 4.25. The molecular formula is C14H22N4. The fraction of sp³-hybridized carbons (Fsp3) is 0.714. The van der Waals surface area contributed by atoms with E-state index in [9.17, 15) is 0 Å². The molecule has 2 aliphatic heterocycles. The van der Waals surface area contributed by atoms with Crippen LogP contribution in [-0.4, -0.2) is 40.5 Å². The highest BCUT2D eigenvalue weighted by Crippen LogP contribution is 2.33. The second kappa shape index (κ2) is 5.76. The predicted octanol–water partition coefficient (Wildman–Crippen LogP) is 1.76. The molecule has 1 aromatic rings. The van der Waals surface area contributed by atoms with E-state index in [1.54, 1.807) is 6.20 Å². The summed E-state index contributed by atoms with van der Waals surface area (Å²) in [5, 5.41) is 3.45. The molecule has 3 rings (SSSR count). The molecule has 2 aliphatic rings. The number of hydrogen-bond acceptors (Lipinski definition) is 4. The number of hydrogen-bond donors (Lipinski definition) is 1. The summed E-state index contributed by atoms with van der Waals surface area (Å²) >= 11 is 0. The van der Waals surface area contributed by atoms with Gasteiger partial charge in [-0.3, -0.25) is 14.9 Å². The number of nitrogens with zero attached hydrogens (tertiary/aromatic N) is 3. The van der Waals surface area contributed by atoms with Gasteiger partial charge in [-0.05, 0) is 45.3 Å². The van der Waals surface area contributed by atoms with Gasteiger partial charge in [0.25, 0.3) is 0 Å². The van der Waals surface area contributed by atoms with E-state index in [0.29, 0.717) is 6.04 Å². The minimum Gasteiger partial charge on any atom is -0.317 e. The second-order valence-corrected chi connectivity index (χ2v) is 5.36. The van der Waals surface area contributed by atoms with Crippen LogP contribution >= 0.6 is 0 Å². The first-order chi connectivity index (χ1) is 8.95. The molecule has 0 radical (unpaired) electrons. The highest BCUT2D eigenvalue weighted by molar-refractivity contribution is 5.05. The smallest absolute Gasteiger partial charge is 0.0758 e. The van der Waals surface area contributed by atoms with Crippen LogP contribution in [0, 0.1) is 0 Å². The molecular weight excluding hydrogens is 224 g/mol. The van der Waals surface area contributed by atoms with Crippen molar-refractivity contribution in [3.05, 3.63) is 24.3 Å². The highest BCUT2D eigenvalue weighted by Gasteiger charge is 2.31. The molecule has 4 nitrogen and oxygen atoms in total. The van der Waals surface area contributed by atoms with E-state index in [2.05, 4.69) is 20.2 Å². The molecule has 0 aliphatic carbocycles. The van der Waals surface area contributed by atoms with Crippen LogP contribution < -0.4 is 5.32 Å². The van der Waals surface area contributed by atoms with Crippen LogP contribution in [0.2, 0.25) is 0 Å². The Bertz CT molecular complexity index is 361. The van der Waals surface area contributed by atoms with Crippen molar-refractivity contribution in [1.82, 2.24) is 20.2 Å². The lowest BCUT2D eigenvalue weighted by atomic mass is 9.94. The Morgan fingerprint density at radius 1 is 1.11 bits per heavy atom. The van der Waals surface area contributed by atoms with Crippen LogP contribution in [-0.2, 0) is 0 Å². The van der Waals surface area contributed by atoms with Crippen molar-refractivity contribution in [2.45, 2.75) is 44.2 Å². The lowest BCUT2D eigenvalue weighted by Crippen LogP contribution is -2.46. The van der Waals surface area contributed by atoms with E-state index in [1.807, 2.05) is 12.4 Å². The maximum atomic E-state index is 4.53. The third kappa shape index (κ3) is 2.54. The molecule has 1 N–H and O–H groups in total. The highest BCUT2D eigenvalue weighted by atomic mass is 15.2. The Labute approximate surface area is 109 Å². The van der Waals surface area contributed by atoms with Gasteiger partial charge in [0.1, 0.15) is 0 Å². The Kier molecular flexibility index (Phi) is 3.86. The summed E-state index contributed by atoms with van der Waals surface area (Å²) < 4.78 is 0.